The van der Waals surface area contributed by atoms with E-state index >= 15 is 0 Å². The molecule has 0 aliphatic heterocycles. The van der Waals surface area contributed by atoms with Crippen LogP contribution in [0.3, 0.4) is 0 Å². The summed E-state index contributed by atoms with van der Waals surface area (Å²) < 4.78 is 14.9. The molecule has 2 aromatic carbocycles. The number of rotatable bonds is 5. The fourth-order valence-electron chi connectivity index (χ4n) is 2.18. The molecule has 0 bridgehead atoms. The number of hydrogen-bond donors (Lipinski definition) is 1. The molecule has 0 aliphatic rings. The number of carbonyl (C=O) groups excluding carboxylic acids is 1. The van der Waals surface area contributed by atoms with E-state index in [1.54, 1.807) is 38.1 Å². The molecule has 3 heteroatoms. The highest BCUT2D eigenvalue weighted by atomic mass is 19.1. The Labute approximate surface area is 125 Å². The summed E-state index contributed by atoms with van der Waals surface area (Å²) in [5, 5.41) is 2.80. The molecule has 2 unspecified atom stereocenters. The number of amides is 1. The Balaban J connectivity index is 1.98. The first-order valence-electron chi connectivity index (χ1n) is 7.09. The van der Waals surface area contributed by atoms with Crippen LogP contribution < -0.4 is 5.32 Å². The molecule has 2 atom stereocenters. The molecule has 21 heavy (non-hydrogen) atoms. The lowest BCUT2D eigenvalue weighted by atomic mass is 9.85. The van der Waals surface area contributed by atoms with Crippen LogP contribution in [0.15, 0.2) is 60.7 Å². The fraction of sp³-hybridized carbons (Fsp3) is 0.278. The van der Waals surface area contributed by atoms with Gasteiger partial charge in [-0.15, -0.1) is 0 Å². The molecule has 0 heterocycles. The lowest BCUT2D eigenvalue weighted by Gasteiger charge is -2.28. The summed E-state index contributed by atoms with van der Waals surface area (Å²) in [7, 11) is 0. The predicted molar refractivity (Wildman–Crippen MR) is 82.8 cm³/mol. The van der Waals surface area contributed by atoms with Crippen LogP contribution in [-0.4, -0.2) is 12.5 Å². The average Bonchev–Trinajstić information content (AvgIpc) is 2.53. The second-order valence-corrected chi connectivity index (χ2v) is 5.42. The highest BCUT2D eigenvalue weighted by Crippen LogP contribution is 2.33. The lowest BCUT2D eigenvalue weighted by Crippen LogP contribution is -2.36. The Kier molecular flexibility index (Phi) is 4.73. The Morgan fingerprint density at radius 1 is 1.10 bits per heavy atom. The van der Waals surface area contributed by atoms with Crippen molar-refractivity contribution in [3.05, 3.63) is 71.8 Å². The average molecular weight is 285 g/mol. The van der Waals surface area contributed by atoms with Crippen LogP contribution in [0, 0.1) is 5.92 Å². The van der Waals surface area contributed by atoms with Gasteiger partial charge in [0.25, 0.3) is 5.91 Å². The van der Waals surface area contributed by atoms with Gasteiger partial charge in [-0.2, -0.15) is 0 Å². The second-order valence-electron chi connectivity index (χ2n) is 5.42. The smallest absolute Gasteiger partial charge is 0.251 e. The first-order chi connectivity index (χ1) is 10.0. The Bertz CT molecular complexity index is 581. The van der Waals surface area contributed by atoms with E-state index in [1.807, 2.05) is 36.4 Å². The first kappa shape index (κ1) is 15.2. The third kappa shape index (κ3) is 3.69. The molecule has 0 fully saturated rings. The SMILES string of the molecule is CC(CNC(=O)c1ccccc1)C(C)(F)c1ccccc1. The molecular weight excluding hydrogens is 265 g/mol. The van der Waals surface area contributed by atoms with E-state index in [0.29, 0.717) is 11.1 Å². The highest BCUT2D eigenvalue weighted by molar-refractivity contribution is 5.94. The van der Waals surface area contributed by atoms with Crippen molar-refractivity contribution in [2.45, 2.75) is 19.5 Å². The van der Waals surface area contributed by atoms with Gasteiger partial charge in [-0.05, 0) is 24.6 Å². The van der Waals surface area contributed by atoms with Gasteiger partial charge in [0.05, 0.1) is 0 Å². The van der Waals surface area contributed by atoms with E-state index < -0.39 is 5.67 Å². The lowest BCUT2D eigenvalue weighted by molar-refractivity contribution is 0.0874. The second kappa shape index (κ2) is 6.53. The van der Waals surface area contributed by atoms with E-state index in [-0.39, 0.29) is 18.4 Å². The van der Waals surface area contributed by atoms with Gasteiger partial charge in [0.15, 0.2) is 0 Å². The van der Waals surface area contributed by atoms with E-state index in [9.17, 15) is 9.18 Å². The number of alkyl halides is 1. The third-order valence-electron chi connectivity index (χ3n) is 3.87. The van der Waals surface area contributed by atoms with Gasteiger partial charge in [0, 0.05) is 18.0 Å². The first-order valence-corrected chi connectivity index (χ1v) is 7.09. The number of halogens is 1. The van der Waals surface area contributed by atoms with Crippen LogP contribution in [0.25, 0.3) is 0 Å². The summed E-state index contributed by atoms with van der Waals surface area (Å²) in [5.41, 5.74) is -0.262. The van der Waals surface area contributed by atoms with Gasteiger partial charge in [0.1, 0.15) is 5.67 Å². The zero-order chi connectivity index (χ0) is 15.3. The number of hydrogen-bond acceptors (Lipinski definition) is 1. The number of nitrogens with one attached hydrogen (secondary N) is 1. The molecule has 2 aromatic rings. The maximum absolute atomic E-state index is 14.9. The normalized spacial score (nSPS) is 15.0. The van der Waals surface area contributed by atoms with E-state index in [4.69, 9.17) is 0 Å². The van der Waals surface area contributed by atoms with Crippen LogP contribution in [-0.2, 0) is 5.67 Å². The van der Waals surface area contributed by atoms with Crippen LogP contribution in [0.5, 0.6) is 0 Å². The molecule has 1 N–H and O–H groups in total. The quantitative estimate of drug-likeness (QED) is 0.886. The third-order valence-corrected chi connectivity index (χ3v) is 3.87. The van der Waals surface area contributed by atoms with Crippen molar-refractivity contribution >= 4 is 5.91 Å². The van der Waals surface area contributed by atoms with Crippen LogP contribution in [0.1, 0.15) is 29.8 Å². The predicted octanol–water partition coefficient (Wildman–Crippen LogP) is 3.94. The van der Waals surface area contributed by atoms with E-state index in [0.717, 1.165) is 0 Å². The molecule has 110 valence electrons. The van der Waals surface area contributed by atoms with Crippen molar-refractivity contribution in [2.75, 3.05) is 6.54 Å². The monoisotopic (exact) mass is 285 g/mol. The van der Waals surface area contributed by atoms with Gasteiger partial charge < -0.3 is 5.32 Å². The Morgan fingerprint density at radius 2 is 1.62 bits per heavy atom. The van der Waals surface area contributed by atoms with Gasteiger partial charge in [-0.25, -0.2) is 4.39 Å². The molecule has 0 aliphatic carbocycles. The Hall–Kier alpha value is -2.16. The molecule has 0 saturated heterocycles. The van der Waals surface area contributed by atoms with Crippen molar-refractivity contribution in [2.24, 2.45) is 5.92 Å². The number of benzene rings is 2. The zero-order valence-corrected chi connectivity index (χ0v) is 12.3. The largest absolute Gasteiger partial charge is 0.352 e. The summed E-state index contributed by atoms with van der Waals surface area (Å²) in [6, 6.07) is 18.0. The van der Waals surface area contributed by atoms with Gasteiger partial charge in [-0.1, -0.05) is 55.5 Å². The molecule has 0 radical (unpaired) electrons. The van der Waals surface area contributed by atoms with Gasteiger partial charge in [-0.3, -0.25) is 4.79 Å². The standard InChI is InChI=1S/C18H20FNO/c1-14(18(2,19)16-11-7-4-8-12-16)13-20-17(21)15-9-5-3-6-10-15/h3-12,14H,13H2,1-2H3,(H,20,21). The van der Waals surface area contributed by atoms with Crippen LogP contribution >= 0.6 is 0 Å². The molecule has 2 nitrogen and oxygen atoms in total. The summed E-state index contributed by atoms with van der Waals surface area (Å²) >= 11 is 0. The summed E-state index contributed by atoms with van der Waals surface area (Å²) in [6.45, 7) is 3.65. The molecular formula is C18H20FNO. The summed E-state index contributed by atoms with van der Waals surface area (Å²) in [5.74, 6) is -0.501. The summed E-state index contributed by atoms with van der Waals surface area (Å²) in [6.07, 6.45) is 0. The maximum atomic E-state index is 14.9. The minimum atomic E-state index is -1.48. The topological polar surface area (TPSA) is 29.1 Å². The van der Waals surface area contributed by atoms with Crippen LogP contribution in [0.2, 0.25) is 0 Å². The van der Waals surface area contributed by atoms with Crippen LogP contribution in [0.4, 0.5) is 4.39 Å². The van der Waals surface area contributed by atoms with Gasteiger partial charge in [0.2, 0.25) is 0 Å². The van der Waals surface area contributed by atoms with E-state index in [2.05, 4.69) is 5.32 Å². The fourth-order valence-corrected chi connectivity index (χ4v) is 2.18. The van der Waals surface area contributed by atoms with Crippen molar-refractivity contribution < 1.29 is 9.18 Å². The Morgan fingerprint density at radius 3 is 2.19 bits per heavy atom. The van der Waals surface area contributed by atoms with Crippen molar-refractivity contribution in [1.29, 1.82) is 0 Å². The van der Waals surface area contributed by atoms with E-state index in [1.165, 1.54) is 0 Å². The molecule has 1 amide bonds. The van der Waals surface area contributed by atoms with Gasteiger partial charge >= 0.3 is 0 Å². The van der Waals surface area contributed by atoms with Crippen molar-refractivity contribution in [3.63, 3.8) is 0 Å². The minimum absolute atomic E-state index is 0.175. The highest BCUT2D eigenvalue weighted by Gasteiger charge is 2.32. The minimum Gasteiger partial charge on any atom is -0.352 e. The van der Waals surface area contributed by atoms with Crippen molar-refractivity contribution in [3.8, 4) is 0 Å². The number of carbonyl (C=O) groups is 1. The molecule has 0 spiro atoms. The molecule has 0 saturated carbocycles. The molecule has 2 rings (SSSR count). The summed E-state index contributed by atoms with van der Waals surface area (Å²) in [4.78, 5) is 12.0. The zero-order valence-electron chi connectivity index (χ0n) is 12.3. The molecule has 0 aromatic heterocycles. The maximum Gasteiger partial charge on any atom is 0.251 e. The van der Waals surface area contributed by atoms with Crippen molar-refractivity contribution in [1.82, 2.24) is 5.32 Å².